The molecule has 0 heterocycles. The van der Waals surface area contributed by atoms with E-state index in [2.05, 4.69) is 41.5 Å². The van der Waals surface area contributed by atoms with Crippen molar-refractivity contribution in [2.45, 2.75) is 420 Å². The Bertz CT molecular complexity index is 763. The van der Waals surface area contributed by atoms with Gasteiger partial charge in [0.1, 0.15) is 0 Å². The fourth-order valence-electron chi connectivity index (χ4n) is 13.2. The number of rotatable bonds is 64. The number of hydrogen-bond acceptors (Lipinski definition) is 0. The van der Waals surface area contributed by atoms with E-state index in [-0.39, 0.29) is 0 Å². The fraction of sp³-hybridized carbons (Fsp3) is 1.00. The van der Waals surface area contributed by atoms with E-state index < -0.39 is 7.26 Å². The van der Waals surface area contributed by atoms with E-state index in [0.29, 0.717) is 5.41 Å². The van der Waals surface area contributed by atoms with Crippen LogP contribution in [0.2, 0.25) is 0 Å². The van der Waals surface area contributed by atoms with Crippen molar-refractivity contribution in [1.82, 2.24) is 0 Å². The van der Waals surface area contributed by atoms with Crippen LogP contribution in [0.5, 0.6) is 0 Å². The molecule has 0 aromatic heterocycles. The van der Waals surface area contributed by atoms with Gasteiger partial charge in [-0.2, -0.15) is 0 Å². The summed E-state index contributed by atoms with van der Waals surface area (Å²) in [6.07, 6.45) is 94.8. The first kappa shape index (κ1) is 71.4. The summed E-state index contributed by atoms with van der Waals surface area (Å²) >= 11 is 0. The average molecular weight is 1020 g/mol. The maximum absolute atomic E-state index is 2.37. The van der Waals surface area contributed by atoms with Crippen molar-refractivity contribution in [3.8, 4) is 0 Å². The van der Waals surface area contributed by atoms with Crippen LogP contribution in [0.1, 0.15) is 420 Å². The van der Waals surface area contributed by atoms with Crippen LogP contribution in [-0.4, -0.2) is 24.6 Å². The summed E-state index contributed by atoms with van der Waals surface area (Å²) in [7, 11) is -1.22. The summed E-state index contributed by atoms with van der Waals surface area (Å²) in [6, 6.07) is 0. The zero-order valence-corrected chi connectivity index (χ0v) is 52.5. The van der Waals surface area contributed by atoms with E-state index in [1.165, 1.54) is 321 Å². The molecule has 0 saturated heterocycles. The Labute approximate surface area is 455 Å². The molecular weight excluding hydrogens is 872 g/mol. The van der Waals surface area contributed by atoms with Crippen molar-refractivity contribution in [3.05, 3.63) is 0 Å². The third-order valence-corrected chi connectivity index (χ3v) is 23.9. The topological polar surface area (TPSA) is 0 Å². The SMILES string of the molecule is CCCCCCCCCCC(CCCCCCCCCC)(CCCCCCCCCC)CCCCCCCCC[PH](CCCCCCCCCC)(CCCCCCCCCC)CCCCCCCCCC. The molecule has 0 saturated carbocycles. The van der Waals surface area contributed by atoms with Crippen molar-refractivity contribution in [2.75, 3.05) is 24.6 Å². The van der Waals surface area contributed by atoms with Gasteiger partial charge in [0, 0.05) is 0 Å². The first-order valence-electron chi connectivity index (χ1n) is 35.1. The van der Waals surface area contributed by atoms with Crippen LogP contribution >= 0.6 is 7.26 Å². The van der Waals surface area contributed by atoms with Gasteiger partial charge in [-0.15, -0.1) is 0 Å². The van der Waals surface area contributed by atoms with Gasteiger partial charge >= 0.3 is 302 Å². The summed E-state index contributed by atoms with van der Waals surface area (Å²) in [5, 5.41) is 0. The molecule has 0 rings (SSSR count). The molecule has 0 amide bonds. The van der Waals surface area contributed by atoms with Crippen molar-refractivity contribution >= 4 is 7.26 Å². The Morgan fingerprint density at radius 2 is 0.282 bits per heavy atom. The zero-order valence-electron chi connectivity index (χ0n) is 51.5. The molecule has 0 atom stereocenters. The van der Waals surface area contributed by atoms with Gasteiger partial charge in [0.15, 0.2) is 0 Å². The molecule has 0 unspecified atom stereocenters. The van der Waals surface area contributed by atoms with Gasteiger partial charge in [-0.05, 0) is 0 Å². The average Bonchev–Trinajstić information content (AvgIpc) is 3.38. The molecular formula is C70H145P. The predicted molar refractivity (Wildman–Crippen MR) is 337 cm³/mol. The quantitative estimate of drug-likeness (QED) is 0.0421. The van der Waals surface area contributed by atoms with Crippen LogP contribution in [0.4, 0.5) is 0 Å². The van der Waals surface area contributed by atoms with Gasteiger partial charge in [-0.1, -0.05) is 156 Å². The van der Waals surface area contributed by atoms with E-state index in [1.807, 2.05) is 0 Å². The second kappa shape index (κ2) is 59.7. The van der Waals surface area contributed by atoms with E-state index in [4.69, 9.17) is 0 Å². The molecule has 0 radical (unpaired) electrons. The Morgan fingerprint density at radius 1 is 0.155 bits per heavy atom. The van der Waals surface area contributed by atoms with E-state index in [0.717, 1.165) is 0 Å². The fourth-order valence-corrected chi connectivity index (χ4v) is 18.7. The molecule has 0 aromatic carbocycles. The standard InChI is InChI=1S/C70H145P/c1-7-13-19-25-31-38-46-54-62-70(63-55-47-39-32-26-20-14-8-2,64-56-48-40-33-27-21-15-9-3)65-57-49-41-37-45-53-61-69-71(66-58-50-42-34-28-22-16-10-4,67-59-51-43-35-29-23-17-11-5)68-60-52-44-36-30-24-18-12-6/h71H,7-69H2,1-6H3. The third-order valence-electron chi connectivity index (χ3n) is 18.3. The van der Waals surface area contributed by atoms with E-state index in [1.54, 1.807) is 82.4 Å². The molecule has 0 aliphatic rings. The molecule has 0 aliphatic heterocycles. The van der Waals surface area contributed by atoms with E-state index >= 15 is 0 Å². The van der Waals surface area contributed by atoms with Crippen LogP contribution in [-0.2, 0) is 0 Å². The summed E-state index contributed by atoms with van der Waals surface area (Å²) in [5.41, 5.74) is 0.653. The molecule has 0 N–H and O–H groups in total. The van der Waals surface area contributed by atoms with Crippen molar-refractivity contribution in [1.29, 1.82) is 0 Å². The van der Waals surface area contributed by atoms with Crippen LogP contribution in [0.3, 0.4) is 0 Å². The van der Waals surface area contributed by atoms with Gasteiger partial charge in [0.25, 0.3) is 0 Å². The van der Waals surface area contributed by atoms with Gasteiger partial charge in [0.2, 0.25) is 0 Å². The van der Waals surface area contributed by atoms with Gasteiger partial charge < -0.3 is 0 Å². The molecule has 0 aromatic rings. The predicted octanol–water partition coefficient (Wildman–Crippen LogP) is 26.9. The van der Waals surface area contributed by atoms with Crippen molar-refractivity contribution in [2.24, 2.45) is 5.41 Å². The van der Waals surface area contributed by atoms with E-state index in [9.17, 15) is 0 Å². The zero-order chi connectivity index (χ0) is 51.5. The first-order valence-corrected chi connectivity index (χ1v) is 37.9. The number of hydrogen-bond donors (Lipinski definition) is 0. The summed E-state index contributed by atoms with van der Waals surface area (Å²) < 4.78 is 0. The molecule has 0 spiro atoms. The molecule has 1 heteroatoms. The Kier molecular flexibility index (Phi) is 60.0. The maximum atomic E-state index is 2.37. The minimum atomic E-state index is -1.22. The molecule has 71 heavy (non-hydrogen) atoms. The minimum absolute atomic E-state index is 0.653. The molecule has 0 aliphatic carbocycles. The molecule has 430 valence electrons. The van der Waals surface area contributed by atoms with Crippen LogP contribution < -0.4 is 0 Å². The molecule has 0 bridgehead atoms. The Morgan fingerprint density at radius 3 is 0.437 bits per heavy atom. The number of unbranched alkanes of at least 4 members (excludes halogenated alkanes) is 48. The summed E-state index contributed by atoms with van der Waals surface area (Å²) in [5.74, 6) is 0. The molecule has 0 nitrogen and oxygen atoms in total. The van der Waals surface area contributed by atoms with Crippen LogP contribution in [0.25, 0.3) is 0 Å². The first-order chi connectivity index (χ1) is 35.1. The van der Waals surface area contributed by atoms with Crippen LogP contribution in [0.15, 0.2) is 0 Å². The second-order valence-corrected chi connectivity index (χ2v) is 30.3. The molecule has 0 fully saturated rings. The Hall–Kier alpha value is 0.430. The van der Waals surface area contributed by atoms with Gasteiger partial charge in [0.05, 0.1) is 0 Å². The van der Waals surface area contributed by atoms with Gasteiger partial charge in [-0.25, -0.2) is 0 Å². The second-order valence-electron chi connectivity index (χ2n) is 25.3. The summed E-state index contributed by atoms with van der Waals surface area (Å²) in [4.78, 5) is 0. The van der Waals surface area contributed by atoms with Gasteiger partial charge in [-0.3, -0.25) is 0 Å². The third kappa shape index (κ3) is 51.0. The van der Waals surface area contributed by atoms with Crippen molar-refractivity contribution in [3.63, 3.8) is 0 Å². The monoisotopic (exact) mass is 1020 g/mol. The Balaban J connectivity index is 5.53. The van der Waals surface area contributed by atoms with Crippen LogP contribution in [0, 0.1) is 5.41 Å². The normalized spacial score (nSPS) is 12.5. The summed E-state index contributed by atoms with van der Waals surface area (Å²) in [6.45, 7) is 14.2. The van der Waals surface area contributed by atoms with Crippen molar-refractivity contribution < 1.29 is 0 Å².